The van der Waals surface area contributed by atoms with Crippen molar-refractivity contribution < 1.29 is 9.53 Å². The van der Waals surface area contributed by atoms with Gasteiger partial charge >= 0.3 is 0 Å². The SMILES string of the molecule is COc1cccc2c(NC3CCN(C)C3=O)cc(C)nc12. The maximum absolute atomic E-state index is 12.1. The van der Waals surface area contributed by atoms with E-state index in [9.17, 15) is 4.79 Å². The molecule has 3 rings (SSSR count). The Bertz CT molecular complexity index is 699. The lowest BCUT2D eigenvalue weighted by molar-refractivity contribution is -0.127. The number of ether oxygens (including phenoxy) is 1. The summed E-state index contributed by atoms with van der Waals surface area (Å²) in [4.78, 5) is 18.4. The molecule has 0 radical (unpaired) electrons. The van der Waals surface area contributed by atoms with Gasteiger partial charge in [0.25, 0.3) is 0 Å². The molecule has 0 aliphatic carbocycles. The number of methoxy groups -OCH3 is 1. The summed E-state index contributed by atoms with van der Waals surface area (Å²) in [5.74, 6) is 0.884. The van der Waals surface area contributed by atoms with Gasteiger partial charge in [0.1, 0.15) is 17.3 Å². The van der Waals surface area contributed by atoms with Crippen molar-refractivity contribution >= 4 is 22.5 Å². The van der Waals surface area contributed by atoms with E-state index in [1.54, 1.807) is 12.0 Å². The first-order valence-electron chi connectivity index (χ1n) is 7.06. The largest absolute Gasteiger partial charge is 0.494 e. The molecular weight excluding hydrogens is 266 g/mol. The molecule has 1 amide bonds. The lowest BCUT2D eigenvalue weighted by Crippen LogP contribution is -2.31. The van der Waals surface area contributed by atoms with Gasteiger partial charge in [-0.2, -0.15) is 0 Å². The third-order valence-electron chi connectivity index (χ3n) is 3.91. The smallest absolute Gasteiger partial charge is 0.244 e. The number of carbonyl (C=O) groups is 1. The Balaban J connectivity index is 2.04. The van der Waals surface area contributed by atoms with Crippen molar-refractivity contribution in [2.45, 2.75) is 19.4 Å². The number of nitrogens with zero attached hydrogens (tertiary/aromatic N) is 2. The van der Waals surface area contributed by atoms with E-state index in [0.717, 1.165) is 41.0 Å². The minimum atomic E-state index is -0.161. The lowest BCUT2D eigenvalue weighted by Gasteiger charge is -2.16. The Kier molecular flexibility index (Phi) is 3.41. The molecule has 2 heterocycles. The first-order chi connectivity index (χ1) is 10.1. The summed E-state index contributed by atoms with van der Waals surface area (Å²) in [6.45, 7) is 2.74. The van der Waals surface area contributed by atoms with Crippen molar-refractivity contribution in [1.29, 1.82) is 0 Å². The van der Waals surface area contributed by atoms with Crippen LogP contribution in [0.25, 0.3) is 10.9 Å². The van der Waals surface area contributed by atoms with Gasteiger partial charge in [-0.05, 0) is 25.5 Å². The van der Waals surface area contributed by atoms with Crippen LogP contribution in [0.1, 0.15) is 12.1 Å². The number of fused-ring (bicyclic) bond motifs is 1. The first kappa shape index (κ1) is 13.7. The predicted octanol–water partition coefficient (Wildman–Crippen LogP) is 2.19. The van der Waals surface area contributed by atoms with E-state index in [1.165, 1.54) is 0 Å². The quantitative estimate of drug-likeness (QED) is 0.939. The van der Waals surface area contributed by atoms with Crippen LogP contribution in [0, 0.1) is 6.92 Å². The highest BCUT2D eigenvalue weighted by Gasteiger charge is 2.29. The second-order valence-corrected chi connectivity index (χ2v) is 5.41. The highest BCUT2D eigenvalue weighted by Crippen LogP contribution is 2.31. The third-order valence-corrected chi connectivity index (χ3v) is 3.91. The summed E-state index contributed by atoms with van der Waals surface area (Å²) in [5, 5.41) is 4.34. The van der Waals surface area contributed by atoms with E-state index in [1.807, 2.05) is 38.2 Å². The molecule has 0 spiro atoms. The average Bonchev–Trinajstić information content (AvgIpc) is 2.78. The molecule has 5 nitrogen and oxygen atoms in total. The number of likely N-dealkylation sites (N-methyl/N-ethyl adjacent to an activating group) is 1. The zero-order valence-corrected chi connectivity index (χ0v) is 12.5. The summed E-state index contributed by atoms with van der Waals surface area (Å²) >= 11 is 0. The van der Waals surface area contributed by atoms with Crippen molar-refractivity contribution in [3.8, 4) is 5.75 Å². The molecule has 1 aromatic heterocycles. The van der Waals surface area contributed by atoms with Gasteiger partial charge in [-0.15, -0.1) is 0 Å². The highest BCUT2D eigenvalue weighted by molar-refractivity contribution is 5.97. The number of pyridine rings is 1. The molecule has 1 aromatic carbocycles. The minimum Gasteiger partial charge on any atom is -0.494 e. The fourth-order valence-electron chi connectivity index (χ4n) is 2.78. The van der Waals surface area contributed by atoms with Gasteiger partial charge in [0, 0.05) is 30.4 Å². The summed E-state index contributed by atoms with van der Waals surface area (Å²) in [6.07, 6.45) is 0.822. The molecule has 1 saturated heterocycles. The van der Waals surface area contributed by atoms with Gasteiger partial charge in [0.05, 0.1) is 7.11 Å². The van der Waals surface area contributed by atoms with Crippen LogP contribution < -0.4 is 10.1 Å². The minimum absolute atomic E-state index is 0.139. The van der Waals surface area contributed by atoms with Crippen molar-refractivity contribution in [1.82, 2.24) is 9.88 Å². The number of aromatic nitrogens is 1. The zero-order valence-electron chi connectivity index (χ0n) is 12.5. The summed E-state index contributed by atoms with van der Waals surface area (Å²) in [7, 11) is 3.48. The number of amides is 1. The van der Waals surface area contributed by atoms with Gasteiger partial charge in [0.15, 0.2) is 0 Å². The van der Waals surface area contributed by atoms with Gasteiger partial charge < -0.3 is 15.0 Å². The topological polar surface area (TPSA) is 54.5 Å². The number of hydrogen-bond donors (Lipinski definition) is 1. The Labute approximate surface area is 123 Å². The Morgan fingerprint density at radius 1 is 1.43 bits per heavy atom. The van der Waals surface area contributed by atoms with Gasteiger partial charge in [0.2, 0.25) is 5.91 Å². The van der Waals surface area contributed by atoms with Crippen molar-refractivity contribution in [3.63, 3.8) is 0 Å². The second-order valence-electron chi connectivity index (χ2n) is 5.41. The molecule has 1 N–H and O–H groups in total. The number of para-hydroxylation sites is 1. The molecule has 1 aliphatic rings. The van der Waals surface area contributed by atoms with Gasteiger partial charge in [-0.3, -0.25) is 4.79 Å². The van der Waals surface area contributed by atoms with Crippen LogP contribution in [-0.2, 0) is 4.79 Å². The van der Waals surface area contributed by atoms with E-state index in [-0.39, 0.29) is 11.9 Å². The number of anilines is 1. The van der Waals surface area contributed by atoms with E-state index in [2.05, 4.69) is 10.3 Å². The van der Waals surface area contributed by atoms with Crippen molar-refractivity contribution in [3.05, 3.63) is 30.0 Å². The molecule has 21 heavy (non-hydrogen) atoms. The molecule has 2 aromatic rings. The molecule has 5 heteroatoms. The molecule has 0 saturated carbocycles. The van der Waals surface area contributed by atoms with Crippen LogP contribution in [-0.4, -0.2) is 42.5 Å². The number of carbonyl (C=O) groups excluding carboxylic acids is 1. The molecule has 1 unspecified atom stereocenters. The zero-order chi connectivity index (χ0) is 15.0. The second kappa shape index (κ2) is 5.24. The first-order valence-corrected chi connectivity index (χ1v) is 7.06. The summed E-state index contributed by atoms with van der Waals surface area (Å²) in [6, 6.07) is 7.65. The highest BCUT2D eigenvalue weighted by atomic mass is 16.5. The third kappa shape index (κ3) is 2.39. The normalized spacial score (nSPS) is 18.3. The standard InChI is InChI=1S/C16H19N3O2/c1-10-9-13(18-12-7-8-19(2)16(12)20)11-5-4-6-14(21-3)15(11)17-10/h4-6,9,12H,7-8H2,1-3H3,(H,17,18). The predicted molar refractivity (Wildman–Crippen MR) is 82.7 cm³/mol. The van der Waals surface area contributed by atoms with E-state index in [0.29, 0.717) is 0 Å². The fourth-order valence-corrected chi connectivity index (χ4v) is 2.78. The monoisotopic (exact) mass is 285 g/mol. The average molecular weight is 285 g/mol. The summed E-state index contributed by atoms with van der Waals surface area (Å²) < 4.78 is 5.38. The van der Waals surface area contributed by atoms with Crippen LogP contribution in [0.5, 0.6) is 5.75 Å². The molecule has 1 aliphatic heterocycles. The molecule has 1 fully saturated rings. The number of likely N-dealkylation sites (tertiary alicyclic amines) is 1. The van der Waals surface area contributed by atoms with Crippen LogP contribution in [0.15, 0.2) is 24.3 Å². The number of hydrogen-bond acceptors (Lipinski definition) is 4. The number of nitrogens with one attached hydrogen (secondary N) is 1. The van der Waals surface area contributed by atoms with Gasteiger partial charge in [-0.25, -0.2) is 4.98 Å². The van der Waals surface area contributed by atoms with E-state index in [4.69, 9.17) is 4.74 Å². The van der Waals surface area contributed by atoms with Crippen LogP contribution in [0.3, 0.4) is 0 Å². The molecular formula is C16H19N3O2. The van der Waals surface area contributed by atoms with E-state index >= 15 is 0 Å². The molecule has 1 atom stereocenters. The van der Waals surface area contributed by atoms with Crippen molar-refractivity contribution in [2.75, 3.05) is 26.0 Å². The summed E-state index contributed by atoms with van der Waals surface area (Å²) in [5.41, 5.74) is 2.65. The van der Waals surface area contributed by atoms with Crippen LogP contribution in [0.4, 0.5) is 5.69 Å². The Morgan fingerprint density at radius 3 is 2.90 bits per heavy atom. The van der Waals surface area contributed by atoms with Crippen LogP contribution >= 0.6 is 0 Å². The van der Waals surface area contributed by atoms with Crippen molar-refractivity contribution in [2.24, 2.45) is 0 Å². The van der Waals surface area contributed by atoms with Gasteiger partial charge in [-0.1, -0.05) is 12.1 Å². The Morgan fingerprint density at radius 2 is 2.24 bits per heavy atom. The van der Waals surface area contributed by atoms with Crippen LogP contribution in [0.2, 0.25) is 0 Å². The number of aryl methyl sites for hydroxylation is 1. The van der Waals surface area contributed by atoms with E-state index < -0.39 is 0 Å². The fraction of sp³-hybridized carbons (Fsp3) is 0.375. The number of benzene rings is 1. The molecule has 110 valence electrons. The maximum atomic E-state index is 12.1. The maximum Gasteiger partial charge on any atom is 0.244 e. The lowest BCUT2D eigenvalue weighted by atomic mass is 10.1. The Hall–Kier alpha value is -2.30. The number of rotatable bonds is 3. The molecule has 0 bridgehead atoms.